The first-order valence-electron chi connectivity index (χ1n) is 9.33. The first-order chi connectivity index (χ1) is 10.7. The molecule has 1 aliphatic carbocycles. The van der Waals surface area contributed by atoms with Crippen LogP contribution in [0.1, 0.15) is 45.4 Å². The van der Waals surface area contributed by atoms with Crippen molar-refractivity contribution in [2.75, 3.05) is 39.3 Å². The Kier molecular flexibility index (Phi) is 5.58. The maximum atomic E-state index is 12.4. The Morgan fingerprint density at radius 1 is 1.05 bits per heavy atom. The fourth-order valence-electron chi connectivity index (χ4n) is 4.36. The van der Waals surface area contributed by atoms with E-state index in [9.17, 15) is 4.79 Å². The van der Waals surface area contributed by atoms with Crippen LogP contribution < -0.4 is 10.6 Å². The van der Waals surface area contributed by atoms with Crippen molar-refractivity contribution in [3.8, 4) is 0 Å². The number of rotatable bonds is 2. The molecule has 3 fully saturated rings. The number of quaternary nitrogens is 1. The summed E-state index contributed by atoms with van der Waals surface area (Å²) < 4.78 is 0. The SMILES string of the molecule is CC1CCC[C@@H](N2CCN(C(=O)NC3CC[NH2+]CC3)CC2)C1. The monoisotopic (exact) mass is 309 g/mol. The summed E-state index contributed by atoms with van der Waals surface area (Å²) in [4.78, 5) is 17.1. The normalized spacial score (nSPS) is 32.0. The van der Waals surface area contributed by atoms with Gasteiger partial charge in [-0.05, 0) is 18.8 Å². The summed E-state index contributed by atoms with van der Waals surface area (Å²) in [7, 11) is 0. The largest absolute Gasteiger partial charge is 0.346 e. The summed E-state index contributed by atoms with van der Waals surface area (Å²) in [5.74, 6) is 0.878. The third-order valence-corrected chi connectivity index (χ3v) is 5.79. The summed E-state index contributed by atoms with van der Waals surface area (Å²) >= 11 is 0. The predicted octanol–water partition coefficient (Wildman–Crippen LogP) is 0.618. The average Bonchev–Trinajstić information content (AvgIpc) is 2.56. The summed E-state index contributed by atoms with van der Waals surface area (Å²) in [5, 5.41) is 5.58. The van der Waals surface area contributed by atoms with Crippen LogP contribution in [0.5, 0.6) is 0 Å². The number of urea groups is 1. The van der Waals surface area contributed by atoms with Crippen LogP contribution in [0.3, 0.4) is 0 Å². The molecule has 1 saturated carbocycles. The van der Waals surface area contributed by atoms with E-state index in [1.807, 2.05) is 4.90 Å². The second kappa shape index (κ2) is 7.64. The van der Waals surface area contributed by atoms with Gasteiger partial charge in [0.15, 0.2) is 0 Å². The average molecular weight is 309 g/mol. The zero-order valence-electron chi connectivity index (χ0n) is 14.1. The molecule has 2 saturated heterocycles. The Morgan fingerprint density at radius 3 is 2.45 bits per heavy atom. The molecule has 0 spiro atoms. The number of nitrogens with two attached hydrogens (primary N) is 1. The fourth-order valence-corrected chi connectivity index (χ4v) is 4.36. The number of hydrogen-bond acceptors (Lipinski definition) is 2. The lowest BCUT2D eigenvalue weighted by Crippen LogP contribution is -2.87. The molecule has 2 heterocycles. The van der Waals surface area contributed by atoms with Gasteiger partial charge in [-0.25, -0.2) is 4.79 Å². The molecule has 126 valence electrons. The van der Waals surface area contributed by atoms with Crippen LogP contribution in [0.15, 0.2) is 0 Å². The van der Waals surface area contributed by atoms with E-state index in [4.69, 9.17) is 0 Å². The molecule has 0 bridgehead atoms. The van der Waals surface area contributed by atoms with Crippen LogP contribution >= 0.6 is 0 Å². The molecule has 0 aromatic rings. The maximum Gasteiger partial charge on any atom is 0.317 e. The lowest BCUT2D eigenvalue weighted by atomic mass is 9.86. The van der Waals surface area contributed by atoms with Gasteiger partial charge in [0, 0.05) is 51.1 Å². The van der Waals surface area contributed by atoms with Gasteiger partial charge in [-0.2, -0.15) is 0 Å². The predicted molar refractivity (Wildman–Crippen MR) is 87.8 cm³/mol. The van der Waals surface area contributed by atoms with Crippen LogP contribution in [0, 0.1) is 5.92 Å². The van der Waals surface area contributed by atoms with E-state index in [1.165, 1.54) is 25.7 Å². The van der Waals surface area contributed by atoms with Crippen molar-refractivity contribution >= 4 is 6.03 Å². The fraction of sp³-hybridized carbons (Fsp3) is 0.941. The molecule has 3 aliphatic rings. The molecule has 3 N–H and O–H groups in total. The minimum absolute atomic E-state index is 0.170. The van der Waals surface area contributed by atoms with Crippen LogP contribution in [0.4, 0.5) is 4.79 Å². The van der Waals surface area contributed by atoms with Gasteiger partial charge in [0.1, 0.15) is 0 Å². The van der Waals surface area contributed by atoms with Gasteiger partial charge in [0.25, 0.3) is 0 Å². The molecule has 5 heteroatoms. The van der Waals surface area contributed by atoms with Crippen molar-refractivity contribution in [1.82, 2.24) is 15.1 Å². The molecule has 2 amide bonds. The molecule has 0 radical (unpaired) electrons. The third kappa shape index (κ3) is 4.13. The van der Waals surface area contributed by atoms with E-state index in [-0.39, 0.29) is 6.03 Å². The van der Waals surface area contributed by atoms with E-state index in [1.54, 1.807) is 0 Å². The summed E-state index contributed by atoms with van der Waals surface area (Å²) in [6.07, 6.45) is 7.72. The van der Waals surface area contributed by atoms with Gasteiger partial charge in [0.05, 0.1) is 13.1 Å². The Bertz CT molecular complexity index is 362. The minimum Gasteiger partial charge on any atom is -0.346 e. The van der Waals surface area contributed by atoms with Gasteiger partial charge < -0.3 is 15.5 Å². The van der Waals surface area contributed by atoms with Crippen molar-refractivity contribution in [2.24, 2.45) is 5.92 Å². The quantitative estimate of drug-likeness (QED) is 0.786. The molecule has 22 heavy (non-hydrogen) atoms. The standard InChI is InChI=1S/C17H32N4O/c1-14-3-2-4-16(13-14)20-9-11-21(12-10-20)17(22)19-15-5-7-18-8-6-15/h14-16,18H,2-13H2,1H3,(H,19,22)/p+1/t14?,16-/m1/s1. The van der Waals surface area contributed by atoms with Crippen molar-refractivity contribution in [2.45, 2.75) is 57.5 Å². The van der Waals surface area contributed by atoms with Crippen molar-refractivity contribution < 1.29 is 10.1 Å². The molecular formula is C17H33N4O+. The lowest BCUT2D eigenvalue weighted by Gasteiger charge is -2.42. The lowest BCUT2D eigenvalue weighted by molar-refractivity contribution is -0.663. The molecule has 3 rings (SSSR count). The van der Waals surface area contributed by atoms with Crippen molar-refractivity contribution in [1.29, 1.82) is 0 Å². The molecule has 5 nitrogen and oxygen atoms in total. The molecule has 2 atom stereocenters. The molecule has 0 aromatic carbocycles. The van der Waals surface area contributed by atoms with E-state index < -0.39 is 0 Å². The van der Waals surface area contributed by atoms with Crippen LogP contribution in [-0.2, 0) is 0 Å². The van der Waals surface area contributed by atoms with Gasteiger partial charge in [-0.1, -0.05) is 19.8 Å². The van der Waals surface area contributed by atoms with Gasteiger partial charge in [-0.3, -0.25) is 4.90 Å². The second-order valence-electron chi connectivity index (χ2n) is 7.54. The number of piperidine rings is 1. The Morgan fingerprint density at radius 2 is 1.77 bits per heavy atom. The smallest absolute Gasteiger partial charge is 0.317 e. The molecular weight excluding hydrogens is 276 g/mol. The zero-order chi connectivity index (χ0) is 15.4. The van der Waals surface area contributed by atoms with Crippen LogP contribution in [0.25, 0.3) is 0 Å². The van der Waals surface area contributed by atoms with Gasteiger partial charge in [-0.15, -0.1) is 0 Å². The number of nitrogens with zero attached hydrogens (tertiary/aromatic N) is 2. The summed E-state index contributed by atoms with van der Waals surface area (Å²) in [6, 6.07) is 1.33. The number of piperazine rings is 1. The summed E-state index contributed by atoms with van der Waals surface area (Å²) in [6.45, 7) is 8.60. The second-order valence-corrected chi connectivity index (χ2v) is 7.54. The van der Waals surface area contributed by atoms with E-state index in [0.29, 0.717) is 6.04 Å². The molecule has 2 aliphatic heterocycles. The van der Waals surface area contributed by atoms with E-state index >= 15 is 0 Å². The zero-order valence-corrected chi connectivity index (χ0v) is 14.1. The highest BCUT2D eigenvalue weighted by atomic mass is 16.2. The van der Waals surface area contributed by atoms with Crippen LogP contribution in [0.2, 0.25) is 0 Å². The Labute approximate surface area is 134 Å². The number of amides is 2. The van der Waals surface area contributed by atoms with E-state index in [0.717, 1.165) is 64.1 Å². The van der Waals surface area contributed by atoms with Gasteiger partial charge >= 0.3 is 6.03 Å². The Hall–Kier alpha value is -0.810. The third-order valence-electron chi connectivity index (χ3n) is 5.79. The first-order valence-corrected chi connectivity index (χ1v) is 9.33. The number of carbonyl (C=O) groups excluding carboxylic acids is 1. The topological polar surface area (TPSA) is 52.2 Å². The number of nitrogens with one attached hydrogen (secondary N) is 1. The number of carbonyl (C=O) groups is 1. The summed E-state index contributed by atoms with van der Waals surface area (Å²) in [5.41, 5.74) is 0. The molecule has 0 aromatic heterocycles. The van der Waals surface area contributed by atoms with Crippen molar-refractivity contribution in [3.63, 3.8) is 0 Å². The van der Waals surface area contributed by atoms with E-state index in [2.05, 4.69) is 22.5 Å². The maximum absolute atomic E-state index is 12.4. The highest BCUT2D eigenvalue weighted by Gasteiger charge is 2.29. The van der Waals surface area contributed by atoms with Gasteiger partial charge in [0.2, 0.25) is 0 Å². The van der Waals surface area contributed by atoms with Crippen molar-refractivity contribution in [3.05, 3.63) is 0 Å². The highest BCUT2D eigenvalue weighted by molar-refractivity contribution is 5.74. The molecule has 1 unspecified atom stereocenters. The first kappa shape index (κ1) is 16.1. The Balaban J connectivity index is 1.41. The van der Waals surface area contributed by atoms with Crippen LogP contribution in [-0.4, -0.2) is 67.2 Å². The minimum atomic E-state index is 0.170. The number of hydrogen-bond donors (Lipinski definition) is 2. The highest BCUT2D eigenvalue weighted by Crippen LogP contribution is 2.27.